The molecule has 1 aromatic carbocycles. The van der Waals surface area contributed by atoms with Gasteiger partial charge in [-0.25, -0.2) is 0 Å². The average Bonchev–Trinajstić information content (AvgIpc) is 2.15. The molecule has 0 aliphatic heterocycles. The lowest BCUT2D eigenvalue weighted by Gasteiger charge is -2.03. The van der Waals surface area contributed by atoms with Gasteiger partial charge in [0.25, 0.3) is 6.47 Å². The van der Waals surface area contributed by atoms with Gasteiger partial charge in [-0.15, -0.1) is 0 Å². The molecule has 1 rings (SSSR count). The summed E-state index contributed by atoms with van der Waals surface area (Å²) in [6.45, 7) is 0.957. The molecule has 0 saturated heterocycles. The first-order chi connectivity index (χ1) is 6.33. The molecule has 0 fully saturated rings. The zero-order valence-corrected chi connectivity index (χ0v) is 6.53. The number of benzene rings is 1. The molecule has 0 unspecified atom stereocenters. The maximum atomic E-state index is 9.76. The van der Waals surface area contributed by atoms with Crippen molar-refractivity contribution in [1.29, 1.82) is 0 Å². The topological polar surface area (TPSA) is 35.5 Å². The summed E-state index contributed by atoms with van der Waals surface area (Å²) in [6.07, 6.45) is 0. The highest BCUT2D eigenvalue weighted by Crippen LogP contribution is 2.07. The summed E-state index contributed by atoms with van der Waals surface area (Å²) in [6, 6.07) is 7.11. The van der Waals surface area contributed by atoms with E-state index in [9.17, 15) is 4.79 Å². The number of ether oxygens (including phenoxy) is 2. The Morgan fingerprint density at radius 1 is 1.42 bits per heavy atom. The van der Waals surface area contributed by atoms with Gasteiger partial charge in [-0.1, -0.05) is 18.2 Å². The molecule has 0 N–H and O–H groups in total. The predicted molar refractivity (Wildman–Crippen MR) is 44.0 cm³/mol. The van der Waals surface area contributed by atoms with Gasteiger partial charge in [-0.05, 0) is 12.1 Å². The molecule has 0 aromatic heterocycles. The summed E-state index contributed by atoms with van der Waals surface area (Å²) in [4.78, 5) is 9.76. The van der Waals surface area contributed by atoms with Crippen LogP contribution in [0.1, 0.15) is 1.37 Å². The third-order valence-corrected chi connectivity index (χ3v) is 1.23. The summed E-state index contributed by atoms with van der Waals surface area (Å²) in [5.41, 5.74) is 0. The lowest BCUT2D eigenvalue weighted by atomic mass is 10.3. The SMILES string of the molecule is [3H]c1ccc(OCCOC=O)cc1. The average molecular weight is 168 g/mol. The monoisotopic (exact) mass is 168 g/mol. The largest absolute Gasteiger partial charge is 0.490 e. The number of carbonyl (C=O) groups is 1. The molecule has 3 nitrogen and oxygen atoms in total. The van der Waals surface area contributed by atoms with Gasteiger partial charge < -0.3 is 9.47 Å². The van der Waals surface area contributed by atoms with E-state index in [1.807, 2.05) is 0 Å². The van der Waals surface area contributed by atoms with Crippen LogP contribution in [-0.2, 0) is 9.53 Å². The minimum Gasteiger partial charge on any atom is -0.490 e. The number of hydrogen-bond donors (Lipinski definition) is 0. The van der Waals surface area contributed by atoms with Crippen molar-refractivity contribution in [3.63, 3.8) is 0 Å². The quantitative estimate of drug-likeness (QED) is 0.490. The van der Waals surface area contributed by atoms with Crippen LogP contribution in [-0.4, -0.2) is 19.7 Å². The van der Waals surface area contributed by atoms with Gasteiger partial charge in [0, 0.05) is 0 Å². The molecule has 0 atom stereocenters. The molecule has 0 amide bonds. The van der Waals surface area contributed by atoms with Crippen LogP contribution >= 0.6 is 0 Å². The molecule has 0 spiro atoms. The third-order valence-electron chi connectivity index (χ3n) is 1.23. The predicted octanol–water partition coefficient (Wildman–Crippen LogP) is 1.24. The van der Waals surface area contributed by atoms with Crippen LogP contribution in [0.5, 0.6) is 5.75 Å². The molecule has 3 heteroatoms. The molecule has 1 aromatic rings. The van der Waals surface area contributed by atoms with Crippen molar-refractivity contribution in [2.24, 2.45) is 0 Å². The Morgan fingerprint density at radius 3 is 2.83 bits per heavy atom. The van der Waals surface area contributed by atoms with Crippen molar-refractivity contribution >= 4 is 6.47 Å². The minimum atomic E-state index is 0.242. The lowest BCUT2D eigenvalue weighted by molar-refractivity contribution is -0.129. The zero-order chi connectivity index (χ0) is 9.52. The molecule has 0 aliphatic carbocycles. The first-order valence-corrected chi connectivity index (χ1v) is 3.57. The van der Waals surface area contributed by atoms with Crippen LogP contribution in [0.25, 0.3) is 0 Å². The number of carbonyl (C=O) groups excluding carboxylic acids is 1. The Bertz CT molecular complexity index is 258. The fraction of sp³-hybridized carbons (Fsp3) is 0.222. The van der Waals surface area contributed by atoms with E-state index in [-0.39, 0.29) is 6.61 Å². The maximum Gasteiger partial charge on any atom is 0.293 e. The minimum absolute atomic E-state index is 0.242. The molecule has 0 aliphatic rings. The van der Waals surface area contributed by atoms with E-state index in [0.29, 0.717) is 24.9 Å². The highest BCUT2D eigenvalue weighted by molar-refractivity contribution is 5.36. The van der Waals surface area contributed by atoms with Crippen LogP contribution in [0.2, 0.25) is 0 Å². The number of rotatable bonds is 5. The standard InChI is InChI=1S/C9H10O3/c10-8-11-6-7-12-9-4-2-1-3-5-9/h1-5,8H,6-7H2/i1T. The van der Waals surface area contributed by atoms with Crippen molar-refractivity contribution in [2.45, 2.75) is 0 Å². The van der Waals surface area contributed by atoms with Gasteiger partial charge in [0.1, 0.15) is 19.0 Å². The van der Waals surface area contributed by atoms with Crippen molar-refractivity contribution in [3.05, 3.63) is 30.3 Å². The molecular formula is C9H10O3. The summed E-state index contributed by atoms with van der Waals surface area (Å²) >= 11 is 0. The Hall–Kier alpha value is -1.51. The Kier molecular flexibility index (Phi) is 3.09. The fourth-order valence-electron chi connectivity index (χ4n) is 0.724. The van der Waals surface area contributed by atoms with Gasteiger partial charge in [0.15, 0.2) is 0 Å². The van der Waals surface area contributed by atoms with E-state index in [4.69, 9.17) is 6.11 Å². The summed E-state index contributed by atoms with van der Waals surface area (Å²) < 4.78 is 16.8. The first-order valence-electron chi connectivity index (χ1n) is 4.07. The van der Waals surface area contributed by atoms with Crippen molar-refractivity contribution in [2.75, 3.05) is 13.2 Å². The van der Waals surface area contributed by atoms with E-state index >= 15 is 0 Å². The smallest absolute Gasteiger partial charge is 0.293 e. The molecule has 0 bridgehead atoms. The first kappa shape index (κ1) is 7.16. The molecule has 12 heavy (non-hydrogen) atoms. The summed E-state index contributed by atoms with van der Waals surface area (Å²) in [5, 5.41) is 0. The van der Waals surface area contributed by atoms with Crippen molar-refractivity contribution < 1.29 is 15.6 Å². The maximum absolute atomic E-state index is 9.76. The Labute approximate surface area is 72.3 Å². The van der Waals surface area contributed by atoms with Crippen LogP contribution < -0.4 is 4.74 Å². The van der Waals surface area contributed by atoms with E-state index < -0.39 is 0 Å². The van der Waals surface area contributed by atoms with Gasteiger partial charge in [-0.3, -0.25) is 4.79 Å². The van der Waals surface area contributed by atoms with Gasteiger partial charge in [0.2, 0.25) is 0 Å². The molecule has 0 saturated carbocycles. The second-order valence-electron chi connectivity index (χ2n) is 2.05. The summed E-state index contributed by atoms with van der Waals surface area (Å²) in [5.74, 6) is 0.672. The van der Waals surface area contributed by atoms with Crippen LogP contribution in [0.15, 0.2) is 30.3 Å². The second kappa shape index (κ2) is 5.18. The van der Waals surface area contributed by atoms with Crippen molar-refractivity contribution in [1.82, 2.24) is 0 Å². The lowest BCUT2D eigenvalue weighted by Crippen LogP contribution is -2.05. The normalized spacial score (nSPS) is 10.2. The van der Waals surface area contributed by atoms with E-state index in [1.54, 1.807) is 24.3 Å². The van der Waals surface area contributed by atoms with Crippen LogP contribution in [0.4, 0.5) is 0 Å². The van der Waals surface area contributed by atoms with Gasteiger partial charge >= 0.3 is 0 Å². The highest BCUT2D eigenvalue weighted by Gasteiger charge is 1.89. The molecular weight excluding hydrogens is 156 g/mol. The number of hydrogen-bond acceptors (Lipinski definition) is 3. The third kappa shape index (κ3) is 3.05. The molecule has 0 heterocycles. The Balaban J connectivity index is 2.28. The number of para-hydroxylation sites is 1. The van der Waals surface area contributed by atoms with Crippen molar-refractivity contribution in [3.8, 4) is 5.75 Å². The van der Waals surface area contributed by atoms with E-state index in [2.05, 4.69) is 4.74 Å². The van der Waals surface area contributed by atoms with Gasteiger partial charge in [-0.2, -0.15) is 0 Å². The zero-order valence-electron chi connectivity index (χ0n) is 7.53. The van der Waals surface area contributed by atoms with E-state index in [0.717, 1.165) is 0 Å². The van der Waals surface area contributed by atoms with Crippen LogP contribution in [0.3, 0.4) is 0 Å². The molecule has 64 valence electrons. The molecule has 0 radical (unpaired) electrons. The van der Waals surface area contributed by atoms with E-state index in [1.165, 1.54) is 0 Å². The fourth-order valence-corrected chi connectivity index (χ4v) is 0.724. The summed E-state index contributed by atoms with van der Waals surface area (Å²) in [7, 11) is 0. The Morgan fingerprint density at radius 2 is 2.17 bits per heavy atom. The highest BCUT2D eigenvalue weighted by atomic mass is 16.5. The van der Waals surface area contributed by atoms with Gasteiger partial charge in [0.05, 0.1) is 1.37 Å². The second-order valence-corrected chi connectivity index (χ2v) is 2.05. The van der Waals surface area contributed by atoms with Crippen LogP contribution in [0, 0.1) is 0 Å².